The molecule has 0 spiro atoms. The summed E-state index contributed by atoms with van der Waals surface area (Å²) in [6, 6.07) is 18.4. The van der Waals surface area contributed by atoms with Crippen molar-refractivity contribution in [3.05, 3.63) is 84.6 Å². The van der Waals surface area contributed by atoms with Crippen LogP contribution in [-0.4, -0.2) is 22.3 Å². The molecule has 0 aliphatic rings. The van der Waals surface area contributed by atoms with Gasteiger partial charge in [0.25, 0.3) is 0 Å². The van der Waals surface area contributed by atoms with Crippen LogP contribution in [0.5, 0.6) is 0 Å². The number of carbonyl (C=O) groups excluding carboxylic acids is 1. The van der Waals surface area contributed by atoms with Crippen LogP contribution in [0.25, 0.3) is 10.9 Å². The minimum Gasteiger partial charge on any atom is -0.361 e. The first kappa shape index (κ1) is 17.0. The summed E-state index contributed by atoms with van der Waals surface area (Å²) < 4.78 is 0. The molecule has 0 aliphatic heterocycles. The molecule has 0 unspecified atom stereocenters. The van der Waals surface area contributed by atoms with Gasteiger partial charge in [0, 0.05) is 36.6 Å². The maximum atomic E-state index is 12.6. The number of H-pyrrole nitrogens is 1. The molecule has 3 heteroatoms. The molecule has 0 saturated heterocycles. The number of hydrogen-bond donors (Lipinski definition) is 1. The Bertz CT molecular complexity index is 835. The molecule has 1 N–H and O–H groups in total. The molecule has 0 radical (unpaired) electrons. The fourth-order valence-electron chi connectivity index (χ4n) is 3.14. The topological polar surface area (TPSA) is 36.1 Å². The lowest BCUT2D eigenvalue weighted by Crippen LogP contribution is -2.30. The third-order valence-corrected chi connectivity index (χ3v) is 4.43. The summed E-state index contributed by atoms with van der Waals surface area (Å²) in [6.45, 7) is 5.00. The van der Waals surface area contributed by atoms with Crippen molar-refractivity contribution in [3.8, 4) is 0 Å². The Kier molecular flexibility index (Phi) is 5.68. The van der Waals surface area contributed by atoms with Crippen molar-refractivity contribution in [2.75, 3.05) is 6.54 Å². The van der Waals surface area contributed by atoms with E-state index in [9.17, 15) is 4.79 Å². The average molecular weight is 332 g/mol. The predicted octanol–water partition coefficient (Wildman–Crippen LogP) is 4.71. The molecule has 3 rings (SSSR count). The van der Waals surface area contributed by atoms with E-state index in [0.29, 0.717) is 19.5 Å². The number of nitrogens with zero attached hydrogens (tertiary/aromatic N) is 1. The Labute approximate surface area is 149 Å². The Morgan fingerprint density at radius 1 is 1.08 bits per heavy atom. The number of aromatic amines is 1. The summed E-state index contributed by atoms with van der Waals surface area (Å²) >= 11 is 0. The molecule has 3 nitrogen and oxygen atoms in total. The summed E-state index contributed by atoms with van der Waals surface area (Å²) in [6.07, 6.45) is 6.16. The number of aromatic nitrogens is 1. The molecule has 1 aromatic heterocycles. The molecule has 0 fully saturated rings. The third kappa shape index (κ3) is 4.38. The quantitative estimate of drug-likeness (QED) is 0.596. The van der Waals surface area contributed by atoms with Crippen molar-refractivity contribution in [1.82, 2.24) is 9.88 Å². The van der Waals surface area contributed by atoms with Gasteiger partial charge in [-0.25, -0.2) is 0 Å². The molecule has 0 saturated carbocycles. The van der Waals surface area contributed by atoms with Crippen LogP contribution in [0.2, 0.25) is 0 Å². The van der Waals surface area contributed by atoms with Gasteiger partial charge in [0.05, 0.1) is 0 Å². The van der Waals surface area contributed by atoms with E-state index >= 15 is 0 Å². The van der Waals surface area contributed by atoms with E-state index in [1.165, 1.54) is 10.9 Å². The number of fused-ring (bicyclic) bond motifs is 1. The maximum Gasteiger partial charge on any atom is 0.223 e. The van der Waals surface area contributed by atoms with Gasteiger partial charge < -0.3 is 9.88 Å². The van der Waals surface area contributed by atoms with E-state index in [0.717, 1.165) is 23.9 Å². The van der Waals surface area contributed by atoms with Crippen molar-refractivity contribution in [2.24, 2.45) is 0 Å². The number of amides is 1. The molecule has 128 valence electrons. The van der Waals surface area contributed by atoms with Crippen molar-refractivity contribution >= 4 is 16.8 Å². The van der Waals surface area contributed by atoms with Crippen molar-refractivity contribution < 1.29 is 4.79 Å². The summed E-state index contributed by atoms with van der Waals surface area (Å²) in [5.74, 6) is 0.184. The lowest BCUT2D eigenvalue weighted by molar-refractivity contribution is -0.131. The second kappa shape index (κ2) is 8.34. The zero-order chi connectivity index (χ0) is 17.5. The van der Waals surface area contributed by atoms with Gasteiger partial charge in [0.15, 0.2) is 0 Å². The minimum absolute atomic E-state index is 0.184. The summed E-state index contributed by atoms with van der Waals surface area (Å²) in [5.41, 5.74) is 3.58. The molecule has 0 aliphatic carbocycles. The molecule has 2 aromatic carbocycles. The number of aryl methyl sites for hydroxylation is 1. The molecule has 1 amide bonds. The van der Waals surface area contributed by atoms with E-state index in [4.69, 9.17) is 0 Å². The van der Waals surface area contributed by atoms with Gasteiger partial charge in [-0.2, -0.15) is 0 Å². The van der Waals surface area contributed by atoms with Gasteiger partial charge in [-0.1, -0.05) is 54.6 Å². The van der Waals surface area contributed by atoms with E-state index in [-0.39, 0.29) is 5.91 Å². The fourth-order valence-corrected chi connectivity index (χ4v) is 3.14. The van der Waals surface area contributed by atoms with E-state index in [1.54, 1.807) is 6.08 Å². The standard InChI is InChI=1S/C22H24N2O/c1-2-15-24(17-18-9-4-3-5-10-18)22(25)14-8-11-19-16-23-21-13-7-6-12-20(19)21/h2-7,9-10,12-13,16,23H,1,8,11,14-15,17H2. The Morgan fingerprint density at radius 2 is 1.84 bits per heavy atom. The Morgan fingerprint density at radius 3 is 2.64 bits per heavy atom. The van der Waals surface area contributed by atoms with Gasteiger partial charge in [0.1, 0.15) is 0 Å². The minimum atomic E-state index is 0.184. The summed E-state index contributed by atoms with van der Waals surface area (Å²) in [5, 5.41) is 1.25. The molecular formula is C22H24N2O. The van der Waals surface area contributed by atoms with Gasteiger partial charge >= 0.3 is 0 Å². The molecule has 25 heavy (non-hydrogen) atoms. The third-order valence-electron chi connectivity index (χ3n) is 4.43. The number of carbonyl (C=O) groups is 1. The number of hydrogen-bond acceptors (Lipinski definition) is 1. The van der Waals surface area contributed by atoms with Crippen molar-refractivity contribution in [2.45, 2.75) is 25.8 Å². The number of nitrogens with one attached hydrogen (secondary N) is 1. The number of para-hydroxylation sites is 1. The first-order chi connectivity index (χ1) is 12.3. The van der Waals surface area contributed by atoms with Crippen LogP contribution in [0.3, 0.4) is 0 Å². The molecule has 0 bridgehead atoms. The second-order valence-corrected chi connectivity index (χ2v) is 6.26. The van der Waals surface area contributed by atoms with Gasteiger partial charge in [-0.3, -0.25) is 4.79 Å². The summed E-state index contributed by atoms with van der Waals surface area (Å²) in [4.78, 5) is 17.8. The maximum absolute atomic E-state index is 12.6. The lowest BCUT2D eigenvalue weighted by atomic mass is 10.1. The molecule has 3 aromatic rings. The van der Waals surface area contributed by atoms with Gasteiger partial charge in [-0.05, 0) is 30.0 Å². The Hall–Kier alpha value is -2.81. The smallest absolute Gasteiger partial charge is 0.223 e. The normalized spacial score (nSPS) is 10.7. The highest BCUT2D eigenvalue weighted by molar-refractivity contribution is 5.83. The van der Waals surface area contributed by atoms with Crippen LogP contribution < -0.4 is 0 Å². The van der Waals surface area contributed by atoms with Crippen molar-refractivity contribution in [1.29, 1.82) is 0 Å². The SMILES string of the molecule is C=CCN(Cc1ccccc1)C(=O)CCCc1c[nH]c2ccccc12. The zero-order valence-corrected chi connectivity index (χ0v) is 14.4. The van der Waals surface area contributed by atoms with Crippen LogP contribution in [0, 0.1) is 0 Å². The van der Waals surface area contributed by atoms with Crippen molar-refractivity contribution in [3.63, 3.8) is 0 Å². The second-order valence-electron chi connectivity index (χ2n) is 6.26. The highest BCUT2D eigenvalue weighted by Gasteiger charge is 2.13. The van der Waals surface area contributed by atoms with Gasteiger partial charge in [-0.15, -0.1) is 6.58 Å². The Balaban J connectivity index is 1.57. The predicted molar refractivity (Wildman–Crippen MR) is 103 cm³/mol. The first-order valence-electron chi connectivity index (χ1n) is 8.75. The number of benzene rings is 2. The number of rotatable bonds is 8. The summed E-state index contributed by atoms with van der Waals surface area (Å²) in [7, 11) is 0. The molecule has 1 heterocycles. The average Bonchev–Trinajstić information content (AvgIpc) is 3.05. The van der Waals surface area contributed by atoms with Crippen LogP contribution in [-0.2, 0) is 17.8 Å². The molecule has 0 atom stereocenters. The molecular weight excluding hydrogens is 308 g/mol. The fraction of sp³-hybridized carbons (Fsp3) is 0.227. The van der Waals surface area contributed by atoms with Crippen LogP contribution in [0.1, 0.15) is 24.0 Å². The zero-order valence-electron chi connectivity index (χ0n) is 14.4. The monoisotopic (exact) mass is 332 g/mol. The highest BCUT2D eigenvalue weighted by Crippen LogP contribution is 2.19. The largest absolute Gasteiger partial charge is 0.361 e. The highest BCUT2D eigenvalue weighted by atomic mass is 16.2. The van der Waals surface area contributed by atoms with Crippen LogP contribution in [0.4, 0.5) is 0 Å². The van der Waals surface area contributed by atoms with Crippen LogP contribution >= 0.6 is 0 Å². The van der Waals surface area contributed by atoms with E-state index < -0.39 is 0 Å². The van der Waals surface area contributed by atoms with E-state index in [1.807, 2.05) is 29.2 Å². The van der Waals surface area contributed by atoms with E-state index in [2.05, 4.69) is 48.1 Å². The first-order valence-corrected chi connectivity index (χ1v) is 8.75. The van der Waals surface area contributed by atoms with Gasteiger partial charge in [0.2, 0.25) is 5.91 Å². The van der Waals surface area contributed by atoms with Crippen LogP contribution in [0.15, 0.2) is 73.4 Å². The lowest BCUT2D eigenvalue weighted by Gasteiger charge is -2.21.